The van der Waals surface area contributed by atoms with Crippen LogP contribution in [0, 0.1) is 0 Å². The number of nitrogens with zero attached hydrogens (tertiary/aromatic N) is 1. The van der Waals surface area contributed by atoms with Gasteiger partial charge in [-0.3, -0.25) is 4.79 Å². The summed E-state index contributed by atoms with van der Waals surface area (Å²) < 4.78 is 0. The molecule has 0 radical (unpaired) electrons. The number of carbonyl (C=O) groups is 1. The molecule has 1 aliphatic heterocycles. The van der Waals surface area contributed by atoms with Gasteiger partial charge in [-0.2, -0.15) is 0 Å². The lowest BCUT2D eigenvalue weighted by Crippen LogP contribution is -2.49. The average molecular weight is 275 g/mol. The molecule has 1 heterocycles. The van der Waals surface area contributed by atoms with Gasteiger partial charge in [0.1, 0.15) is 0 Å². The minimum atomic E-state index is -1.60. The molecule has 1 aromatic rings. The third-order valence-corrected chi connectivity index (χ3v) is 3.89. The number of hydrogen-bond donors (Lipinski definition) is 2. The van der Waals surface area contributed by atoms with Gasteiger partial charge in [-0.05, 0) is 18.4 Å². The molecule has 1 saturated heterocycles. The molecule has 0 saturated carbocycles. The van der Waals surface area contributed by atoms with E-state index in [0.29, 0.717) is 12.1 Å². The first kappa shape index (κ1) is 14.8. The Morgan fingerprint density at radius 1 is 1.45 bits per heavy atom. The maximum absolute atomic E-state index is 12.7. The first-order valence-electron chi connectivity index (χ1n) is 6.94. The molecule has 0 spiro atoms. The summed E-state index contributed by atoms with van der Waals surface area (Å²) in [5.41, 5.74) is -1.03. The summed E-state index contributed by atoms with van der Waals surface area (Å²) in [6.07, 6.45) is 3.34. The van der Waals surface area contributed by atoms with Crippen LogP contribution in [-0.2, 0) is 10.4 Å². The molecule has 0 unspecified atom stereocenters. The van der Waals surface area contributed by atoms with Crippen LogP contribution < -0.4 is 0 Å². The number of carbonyl (C=O) groups excluding carboxylic acids is 1. The minimum Gasteiger partial charge on any atom is -0.394 e. The Morgan fingerprint density at radius 2 is 2.15 bits per heavy atom. The van der Waals surface area contributed by atoms with Gasteiger partial charge in [0.15, 0.2) is 5.60 Å². The summed E-state index contributed by atoms with van der Waals surface area (Å²) in [6, 6.07) is 8.72. The highest BCUT2D eigenvalue weighted by atomic mass is 16.3. The van der Waals surface area contributed by atoms with Crippen molar-refractivity contribution >= 4 is 5.91 Å². The van der Waals surface area contributed by atoms with Gasteiger partial charge in [0.2, 0.25) is 0 Å². The van der Waals surface area contributed by atoms with Crippen LogP contribution in [0.3, 0.4) is 0 Å². The highest BCUT2D eigenvalue weighted by Gasteiger charge is 2.43. The van der Waals surface area contributed by atoms with E-state index in [4.69, 9.17) is 0 Å². The van der Waals surface area contributed by atoms with E-state index in [9.17, 15) is 15.0 Å². The van der Waals surface area contributed by atoms with Gasteiger partial charge in [0.25, 0.3) is 5.91 Å². The molecule has 2 rings (SSSR count). The van der Waals surface area contributed by atoms with Gasteiger partial charge in [0, 0.05) is 13.0 Å². The smallest absolute Gasteiger partial charge is 0.259 e. The molecule has 2 N–H and O–H groups in total. The normalized spacial score (nSPS) is 21.5. The number of aliphatic hydroxyl groups excluding tert-OH is 1. The molecule has 1 aliphatic rings. The SMILES string of the molecule is C=CC[C@@](O)(C(=O)N1CCC[C@H]1CO)c1ccccc1. The third kappa shape index (κ3) is 2.62. The van der Waals surface area contributed by atoms with Crippen LogP contribution in [0.4, 0.5) is 0 Å². The Morgan fingerprint density at radius 3 is 2.75 bits per heavy atom. The van der Waals surface area contributed by atoms with Crippen LogP contribution in [0.5, 0.6) is 0 Å². The molecule has 108 valence electrons. The first-order valence-corrected chi connectivity index (χ1v) is 6.94. The number of aliphatic hydroxyl groups is 2. The number of amides is 1. The molecule has 1 aromatic carbocycles. The zero-order valence-corrected chi connectivity index (χ0v) is 11.5. The van der Waals surface area contributed by atoms with Crippen molar-refractivity contribution in [2.24, 2.45) is 0 Å². The quantitative estimate of drug-likeness (QED) is 0.799. The standard InChI is InChI=1S/C16H21NO3/c1-2-10-16(20,13-7-4-3-5-8-13)15(19)17-11-6-9-14(17)12-18/h2-5,7-8,14,18,20H,1,6,9-12H2/t14-,16-/m0/s1. The van der Waals surface area contributed by atoms with E-state index in [-0.39, 0.29) is 25.0 Å². The molecular weight excluding hydrogens is 254 g/mol. The number of benzene rings is 1. The van der Waals surface area contributed by atoms with Crippen molar-refractivity contribution in [3.05, 3.63) is 48.6 Å². The van der Waals surface area contributed by atoms with Gasteiger partial charge >= 0.3 is 0 Å². The highest BCUT2D eigenvalue weighted by molar-refractivity contribution is 5.87. The predicted molar refractivity (Wildman–Crippen MR) is 77.0 cm³/mol. The van der Waals surface area contributed by atoms with Crippen molar-refractivity contribution < 1.29 is 15.0 Å². The molecule has 0 bridgehead atoms. The van der Waals surface area contributed by atoms with E-state index in [0.717, 1.165) is 12.8 Å². The maximum atomic E-state index is 12.7. The number of hydrogen-bond acceptors (Lipinski definition) is 3. The Kier molecular flexibility index (Phi) is 4.57. The van der Waals surface area contributed by atoms with Gasteiger partial charge in [-0.1, -0.05) is 36.4 Å². The van der Waals surface area contributed by atoms with Crippen LogP contribution in [0.2, 0.25) is 0 Å². The summed E-state index contributed by atoms with van der Waals surface area (Å²) in [4.78, 5) is 14.3. The first-order chi connectivity index (χ1) is 9.63. The minimum absolute atomic E-state index is 0.0648. The molecule has 0 aliphatic carbocycles. The third-order valence-electron chi connectivity index (χ3n) is 3.89. The fourth-order valence-electron chi connectivity index (χ4n) is 2.78. The Bertz CT molecular complexity index is 474. The van der Waals surface area contributed by atoms with E-state index >= 15 is 0 Å². The fourth-order valence-corrected chi connectivity index (χ4v) is 2.78. The summed E-state index contributed by atoms with van der Waals surface area (Å²) >= 11 is 0. The van der Waals surface area contributed by atoms with Gasteiger partial charge in [-0.15, -0.1) is 6.58 Å². The summed E-state index contributed by atoms with van der Waals surface area (Å²) in [5.74, 6) is -0.347. The zero-order valence-electron chi connectivity index (χ0n) is 11.5. The zero-order chi connectivity index (χ0) is 14.6. The molecule has 1 amide bonds. The molecule has 2 atom stereocenters. The van der Waals surface area contributed by atoms with Crippen molar-refractivity contribution in [2.45, 2.75) is 30.9 Å². The Balaban J connectivity index is 2.32. The van der Waals surface area contributed by atoms with Crippen LogP contribution in [-0.4, -0.2) is 40.2 Å². The highest BCUT2D eigenvalue weighted by Crippen LogP contribution is 2.31. The van der Waals surface area contributed by atoms with E-state index in [1.807, 2.05) is 6.07 Å². The van der Waals surface area contributed by atoms with Crippen molar-refractivity contribution in [1.29, 1.82) is 0 Å². The maximum Gasteiger partial charge on any atom is 0.259 e. The second-order valence-electron chi connectivity index (χ2n) is 5.20. The monoisotopic (exact) mass is 275 g/mol. The lowest BCUT2D eigenvalue weighted by atomic mass is 9.88. The van der Waals surface area contributed by atoms with E-state index < -0.39 is 5.60 Å². The molecule has 20 heavy (non-hydrogen) atoms. The predicted octanol–water partition coefficient (Wildman–Crippen LogP) is 1.43. The molecular formula is C16H21NO3. The molecule has 0 aromatic heterocycles. The van der Waals surface area contributed by atoms with E-state index in [1.165, 1.54) is 0 Å². The molecule has 4 heteroatoms. The Labute approximate surface area is 119 Å². The van der Waals surface area contributed by atoms with Crippen LogP contribution >= 0.6 is 0 Å². The van der Waals surface area contributed by atoms with Gasteiger partial charge in [-0.25, -0.2) is 0 Å². The second-order valence-corrected chi connectivity index (χ2v) is 5.20. The average Bonchev–Trinajstić information content (AvgIpc) is 2.96. The lowest BCUT2D eigenvalue weighted by molar-refractivity contribution is -0.154. The van der Waals surface area contributed by atoms with E-state index in [2.05, 4.69) is 6.58 Å². The number of rotatable bonds is 5. The van der Waals surface area contributed by atoms with Crippen molar-refractivity contribution in [3.63, 3.8) is 0 Å². The van der Waals surface area contributed by atoms with Crippen molar-refractivity contribution in [2.75, 3.05) is 13.2 Å². The summed E-state index contributed by atoms with van der Waals surface area (Å²) in [6.45, 7) is 4.15. The number of likely N-dealkylation sites (tertiary alicyclic amines) is 1. The van der Waals surface area contributed by atoms with Gasteiger partial charge < -0.3 is 15.1 Å². The lowest BCUT2D eigenvalue weighted by Gasteiger charge is -2.33. The molecule has 4 nitrogen and oxygen atoms in total. The van der Waals surface area contributed by atoms with Crippen molar-refractivity contribution in [1.82, 2.24) is 4.90 Å². The van der Waals surface area contributed by atoms with E-state index in [1.54, 1.807) is 35.2 Å². The summed E-state index contributed by atoms with van der Waals surface area (Å²) in [5, 5.41) is 20.2. The van der Waals surface area contributed by atoms with Crippen LogP contribution in [0.25, 0.3) is 0 Å². The fraction of sp³-hybridized carbons (Fsp3) is 0.438. The van der Waals surface area contributed by atoms with Crippen LogP contribution in [0.15, 0.2) is 43.0 Å². The van der Waals surface area contributed by atoms with Gasteiger partial charge in [0.05, 0.1) is 12.6 Å². The topological polar surface area (TPSA) is 60.8 Å². The van der Waals surface area contributed by atoms with Crippen molar-refractivity contribution in [3.8, 4) is 0 Å². The molecule has 1 fully saturated rings. The van der Waals surface area contributed by atoms with Crippen LogP contribution in [0.1, 0.15) is 24.8 Å². The summed E-state index contributed by atoms with van der Waals surface area (Å²) in [7, 11) is 0. The Hall–Kier alpha value is -1.65. The second kappa shape index (κ2) is 6.20. The largest absolute Gasteiger partial charge is 0.394 e.